The van der Waals surface area contributed by atoms with Crippen molar-refractivity contribution in [2.45, 2.75) is 82.8 Å². The van der Waals surface area contributed by atoms with Crippen LogP contribution in [0.15, 0.2) is 24.3 Å². The Morgan fingerprint density at radius 2 is 1.76 bits per heavy atom. The van der Waals surface area contributed by atoms with Crippen LogP contribution in [0.1, 0.15) is 75.1 Å². The van der Waals surface area contributed by atoms with Crippen LogP contribution in [0.5, 0.6) is 5.75 Å². The Balaban J connectivity index is 1.59. The Kier molecular flexibility index (Phi) is 6.12. The third-order valence-electron chi connectivity index (χ3n) is 7.40. The van der Waals surface area contributed by atoms with E-state index in [1.165, 1.54) is 25.7 Å². The van der Waals surface area contributed by atoms with Crippen LogP contribution in [0, 0.1) is 11.8 Å². The summed E-state index contributed by atoms with van der Waals surface area (Å²) >= 11 is 0. The molecule has 1 N–H and O–H groups in total. The summed E-state index contributed by atoms with van der Waals surface area (Å²) in [5.74, 6) is 1.50. The van der Waals surface area contributed by atoms with Crippen molar-refractivity contribution in [2.75, 3.05) is 7.11 Å². The molecule has 1 aromatic rings. The van der Waals surface area contributed by atoms with Gasteiger partial charge in [0.25, 0.3) is 5.91 Å². The van der Waals surface area contributed by atoms with Gasteiger partial charge in [0.05, 0.1) is 12.7 Å². The van der Waals surface area contributed by atoms with Gasteiger partial charge >= 0.3 is 0 Å². The van der Waals surface area contributed by atoms with E-state index in [0.29, 0.717) is 23.1 Å². The number of nitrogens with one attached hydrogen (secondary N) is 1. The van der Waals surface area contributed by atoms with Gasteiger partial charge in [0.2, 0.25) is 5.91 Å². The third kappa shape index (κ3) is 4.01. The molecule has 2 amide bonds. The van der Waals surface area contributed by atoms with E-state index in [9.17, 15) is 9.59 Å². The normalized spacial score (nSPS) is 31.8. The molecule has 158 valence electrons. The summed E-state index contributed by atoms with van der Waals surface area (Å²) in [6.45, 7) is 2.23. The fourth-order valence-electron chi connectivity index (χ4n) is 5.76. The number of rotatable bonds is 4. The van der Waals surface area contributed by atoms with Crippen molar-refractivity contribution in [1.29, 1.82) is 0 Å². The molecule has 4 rings (SSSR count). The first-order valence-corrected chi connectivity index (χ1v) is 11.4. The number of fused-ring (bicyclic) bond motifs is 1. The smallest absolute Gasteiger partial charge is 0.258 e. The fraction of sp³-hybridized carbons (Fsp3) is 0.667. The molecular formula is C24H34N2O3. The summed E-state index contributed by atoms with van der Waals surface area (Å²) in [4.78, 5) is 28.9. The number of ether oxygens (including phenoxy) is 1. The lowest BCUT2D eigenvalue weighted by Crippen LogP contribution is -2.52. The summed E-state index contributed by atoms with van der Waals surface area (Å²) < 4.78 is 5.45. The molecule has 0 spiro atoms. The van der Waals surface area contributed by atoms with Gasteiger partial charge in [0.1, 0.15) is 11.8 Å². The monoisotopic (exact) mass is 398 g/mol. The molecule has 0 radical (unpaired) electrons. The molecule has 3 fully saturated rings. The first-order valence-electron chi connectivity index (χ1n) is 11.4. The maximum absolute atomic E-state index is 13.6. The van der Waals surface area contributed by atoms with Crippen LogP contribution in [0.3, 0.4) is 0 Å². The second-order valence-corrected chi connectivity index (χ2v) is 9.15. The first-order chi connectivity index (χ1) is 14.1. The number of para-hydroxylation sites is 1. The lowest BCUT2D eigenvalue weighted by atomic mass is 9.84. The summed E-state index contributed by atoms with van der Waals surface area (Å²) in [5.41, 5.74) is 0.560. The van der Waals surface area contributed by atoms with Crippen LogP contribution in [-0.2, 0) is 4.79 Å². The van der Waals surface area contributed by atoms with E-state index < -0.39 is 0 Å². The number of hydrogen-bond donors (Lipinski definition) is 1. The first kappa shape index (κ1) is 20.2. The Morgan fingerprint density at radius 3 is 2.55 bits per heavy atom. The Bertz CT molecular complexity index is 749. The molecule has 5 nitrogen and oxygen atoms in total. The van der Waals surface area contributed by atoms with Crippen molar-refractivity contribution in [3.05, 3.63) is 29.8 Å². The van der Waals surface area contributed by atoms with Crippen LogP contribution in [0.2, 0.25) is 0 Å². The highest BCUT2D eigenvalue weighted by Crippen LogP contribution is 2.41. The van der Waals surface area contributed by atoms with E-state index in [2.05, 4.69) is 12.2 Å². The molecule has 3 aliphatic rings. The number of amides is 2. The van der Waals surface area contributed by atoms with Crippen molar-refractivity contribution in [1.82, 2.24) is 10.2 Å². The number of benzene rings is 1. The molecular weight excluding hydrogens is 364 g/mol. The molecule has 5 atom stereocenters. The summed E-state index contributed by atoms with van der Waals surface area (Å²) in [5, 5.41) is 3.32. The minimum Gasteiger partial charge on any atom is -0.496 e. The topological polar surface area (TPSA) is 58.6 Å². The van der Waals surface area contributed by atoms with Crippen molar-refractivity contribution in [3.63, 3.8) is 0 Å². The summed E-state index contributed by atoms with van der Waals surface area (Å²) in [6.07, 6.45) is 9.88. The van der Waals surface area contributed by atoms with Crippen LogP contribution in [0.4, 0.5) is 0 Å². The zero-order valence-electron chi connectivity index (χ0n) is 17.7. The molecule has 1 saturated heterocycles. The van der Waals surface area contributed by atoms with Gasteiger partial charge in [-0.15, -0.1) is 0 Å². The van der Waals surface area contributed by atoms with E-state index in [4.69, 9.17) is 4.74 Å². The zero-order valence-corrected chi connectivity index (χ0v) is 17.7. The number of nitrogens with zero attached hydrogens (tertiary/aromatic N) is 1. The Labute approximate surface area is 174 Å². The molecule has 0 aromatic heterocycles. The van der Waals surface area contributed by atoms with E-state index in [1.807, 2.05) is 29.2 Å². The van der Waals surface area contributed by atoms with Gasteiger partial charge in [-0.3, -0.25) is 9.59 Å². The average Bonchev–Trinajstić information content (AvgIpc) is 3.14. The number of hydrogen-bond acceptors (Lipinski definition) is 3. The fourth-order valence-corrected chi connectivity index (χ4v) is 5.76. The number of methoxy groups -OCH3 is 1. The average molecular weight is 399 g/mol. The maximum atomic E-state index is 13.6. The standard InChI is InChI=1S/C24H34N2O3/c1-16-9-3-6-12-19(16)25-23(27)21-15-17-10-4-7-13-20(17)26(21)24(28)18-11-5-8-14-22(18)29-2/h5,8,11,14,16-17,19-21H,3-4,6-7,9-10,12-13,15H2,1-2H3,(H,25,27)/t16-,17+,19-,20+,21+/m1/s1. The van der Waals surface area contributed by atoms with E-state index in [-0.39, 0.29) is 29.9 Å². The molecule has 0 unspecified atom stereocenters. The van der Waals surface area contributed by atoms with Crippen LogP contribution < -0.4 is 10.1 Å². The lowest BCUT2D eigenvalue weighted by Gasteiger charge is -2.35. The summed E-state index contributed by atoms with van der Waals surface area (Å²) in [6, 6.07) is 7.41. The van der Waals surface area contributed by atoms with Crippen LogP contribution >= 0.6 is 0 Å². The van der Waals surface area contributed by atoms with Crippen molar-refractivity contribution in [3.8, 4) is 5.75 Å². The molecule has 29 heavy (non-hydrogen) atoms. The van der Waals surface area contributed by atoms with Crippen LogP contribution in [-0.4, -0.2) is 41.9 Å². The minimum absolute atomic E-state index is 0.0430. The van der Waals surface area contributed by atoms with Gasteiger partial charge in [-0.05, 0) is 56.1 Å². The SMILES string of the molecule is COc1ccccc1C(=O)N1[C@H](C(=O)N[C@@H]2CCCC[C@H]2C)C[C@@H]2CCCC[C@@H]21. The van der Waals surface area contributed by atoms with Gasteiger partial charge in [-0.1, -0.05) is 44.7 Å². The second kappa shape index (κ2) is 8.76. The van der Waals surface area contributed by atoms with Gasteiger partial charge in [0, 0.05) is 12.1 Å². The van der Waals surface area contributed by atoms with Gasteiger partial charge < -0.3 is 15.0 Å². The highest BCUT2D eigenvalue weighted by molar-refractivity contribution is 6.00. The predicted octanol–water partition coefficient (Wildman–Crippen LogP) is 4.16. The van der Waals surface area contributed by atoms with Gasteiger partial charge in [-0.25, -0.2) is 0 Å². The third-order valence-corrected chi connectivity index (χ3v) is 7.40. The highest BCUT2D eigenvalue weighted by Gasteiger charge is 2.48. The molecule has 1 heterocycles. The van der Waals surface area contributed by atoms with Crippen molar-refractivity contribution in [2.24, 2.45) is 11.8 Å². The molecule has 1 aliphatic heterocycles. The largest absolute Gasteiger partial charge is 0.496 e. The molecule has 1 aromatic carbocycles. The maximum Gasteiger partial charge on any atom is 0.258 e. The predicted molar refractivity (Wildman–Crippen MR) is 113 cm³/mol. The van der Waals surface area contributed by atoms with E-state index in [0.717, 1.165) is 32.1 Å². The van der Waals surface area contributed by atoms with Crippen molar-refractivity contribution >= 4 is 11.8 Å². The molecule has 2 saturated carbocycles. The second-order valence-electron chi connectivity index (χ2n) is 9.15. The Hall–Kier alpha value is -2.04. The number of carbonyl (C=O) groups is 2. The van der Waals surface area contributed by atoms with Gasteiger partial charge in [-0.2, -0.15) is 0 Å². The lowest BCUT2D eigenvalue weighted by molar-refractivity contribution is -0.126. The highest BCUT2D eigenvalue weighted by atomic mass is 16.5. The number of carbonyl (C=O) groups excluding carboxylic acids is 2. The molecule has 5 heteroatoms. The van der Waals surface area contributed by atoms with Crippen LogP contribution in [0.25, 0.3) is 0 Å². The Morgan fingerprint density at radius 1 is 1.03 bits per heavy atom. The minimum atomic E-state index is -0.366. The van der Waals surface area contributed by atoms with E-state index >= 15 is 0 Å². The van der Waals surface area contributed by atoms with E-state index in [1.54, 1.807) is 7.11 Å². The molecule has 2 aliphatic carbocycles. The number of likely N-dealkylation sites (tertiary alicyclic amines) is 1. The molecule has 0 bridgehead atoms. The van der Waals surface area contributed by atoms with Gasteiger partial charge in [0.15, 0.2) is 0 Å². The summed E-state index contributed by atoms with van der Waals surface area (Å²) in [7, 11) is 1.59. The zero-order chi connectivity index (χ0) is 20.4. The quantitative estimate of drug-likeness (QED) is 0.828. The van der Waals surface area contributed by atoms with Crippen molar-refractivity contribution < 1.29 is 14.3 Å².